The Hall–Kier alpha value is -1.03. The molecule has 1 aromatic carbocycles. The monoisotopic (exact) mass is 287 g/mol. The average molecular weight is 287 g/mol. The quantitative estimate of drug-likeness (QED) is 0.811. The smallest absolute Gasteiger partial charge is 0.314 e. The Morgan fingerprint density at radius 2 is 1.75 bits per heavy atom. The first kappa shape index (κ1) is 17.0. The van der Waals surface area contributed by atoms with Crippen molar-refractivity contribution in [3.63, 3.8) is 0 Å². The molecule has 1 aromatic rings. The minimum absolute atomic E-state index is 0.334. The first-order valence-electron chi connectivity index (χ1n) is 7.09. The summed E-state index contributed by atoms with van der Waals surface area (Å²) in [6, 6.07) is 6.05. The molecule has 0 fully saturated rings. The van der Waals surface area contributed by atoms with E-state index in [0.29, 0.717) is 24.3 Å². The molecule has 1 nitrogen and oxygen atoms in total. The average Bonchev–Trinajstić information content (AvgIpc) is 2.33. The summed E-state index contributed by atoms with van der Waals surface area (Å²) in [4.78, 5) is 0. The maximum atomic E-state index is 12.7. The first-order valence-corrected chi connectivity index (χ1v) is 7.09. The van der Waals surface area contributed by atoms with E-state index in [1.807, 2.05) is 0 Å². The standard InChI is InChI=1S/C16H24F3N/c1-11(2)14(10-20-12(3)4)8-13-6-5-7-15(9-13)16(17,18)19/h5-7,9,11-12,14,20H,8,10H2,1-4H3. The van der Waals surface area contributed by atoms with E-state index >= 15 is 0 Å². The molecular weight excluding hydrogens is 263 g/mol. The number of hydrogen-bond donors (Lipinski definition) is 1. The van der Waals surface area contributed by atoms with Crippen LogP contribution in [0.25, 0.3) is 0 Å². The van der Waals surface area contributed by atoms with Crippen LogP contribution in [0.2, 0.25) is 0 Å². The zero-order valence-electron chi connectivity index (χ0n) is 12.6. The van der Waals surface area contributed by atoms with Crippen LogP contribution >= 0.6 is 0 Å². The van der Waals surface area contributed by atoms with Crippen molar-refractivity contribution in [3.05, 3.63) is 35.4 Å². The minimum atomic E-state index is -4.26. The molecule has 0 saturated heterocycles. The molecule has 114 valence electrons. The Kier molecular flexibility index (Phi) is 6.06. The Bertz CT molecular complexity index is 410. The van der Waals surface area contributed by atoms with Crippen molar-refractivity contribution in [3.8, 4) is 0 Å². The highest BCUT2D eigenvalue weighted by Crippen LogP contribution is 2.30. The molecule has 0 aliphatic carbocycles. The summed E-state index contributed by atoms with van der Waals surface area (Å²) >= 11 is 0. The summed E-state index contributed by atoms with van der Waals surface area (Å²) in [7, 11) is 0. The summed E-state index contributed by atoms with van der Waals surface area (Å²) in [5.74, 6) is 0.761. The van der Waals surface area contributed by atoms with E-state index in [2.05, 4.69) is 33.0 Å². The van der Waals surface area contributed by atoms with Gasteiger partial charge in [-0.05, 0) is 36.4 Å². The minimum Gasteiger partial charge on any atom is -0.314 e. The third-order valence-electron chi connectivity index (χ3n) is 3.48. The lowest BCUT2D eigenvalue weighted by atomic mass is 9.88. The maximum absolute atomic E-state index is 12.7. The highest BCUT2D eigenvalue weighted by atomic mass is 19.4. The summed E-state index contributed by atoms with van der Waals surface area (Å²) < 4.78 is 38.1. The Labute approximate surface area is 119 Å². The lowest BCUT2D eigenvalue weighted by Crippen LogP contribution is -2.32. The van der Waals surface area contributed by atoms with Gasteiger partial charge in [-0.2, -0.15) is 13.2 Å². The highest BCUT2D eigenvalue weighted by molar-refractivity contribution is 5.26. The van der Waals surface area contributed by atoms with Crippen molar-refractivity contribution in [1.82, 2.24) is 5.32 Å². The van der Waals surface area contributed by atoms with Crippen molar-refractivity contribution in [2.24, 2.45) is 11.8 Å². The van der Waals surface area contributed by atoms with Gasteiger partial charge in [-0.1, -0.05) is 45.9 Å². The fourth-order valence-electron chi connectivity index (χ4n) is 2.11. The van der Waals surface area contributed by atoms with Gasteiger partial charge in [0.1, 0.15) is 0 Å². The molecule has 1 atom stereocenters. The number of nitrogens with one attached hydrogen (secondary N) is 1. The van der Waals surface area contributed by atoms with Gasteiger partial charge in [0, 0.05) is 6.04 Å². The van der Waals surface area contributed by atoms with Crippen molar-refractivity contribution in [2.75, 3.05) is 6.54 Å². The number of hydrogen-bond acceptors (Lipinski definition) is 1. The summed E-state index contributed by atoms with van der Waals surface area (Å²) in [6.45, 7) is 9.19. The van der Waals surface area contributed by atoms with Gasteiger partial charge in [0.25, 0.3) is 0 Å². The summed E-state index contributed by atoms with van der Waals surface area (Å²) in [5, 5.41) is 3.37. The molecule has 1 rings (SSSR count). The topological polar surface area (TPSA) is 12.0 Å². The van der Waals surface area contributed by atoms with Crippen LogP contribution in [-0.4, -0.2) is 12.6 Å². The zero-order chi connectivity index (χ0) is 15.3. The van der Waals surface area contributed by atoms with Crippen LogP contribution in [0.1, 0.15) is 38.8 Å². The maximum Gasteiger partial charge on any atom is 0.416 e. The van der Waals surface area contributed by atoms with Crippen LogP contribution in [0.15, 0.2) is 24.3 Å². The fraction of sp³-hybridized carbons (Fsp3) is 0.625. The lowest BCUT2D eigenvalue weighted by molar-refractivity contribution is -0.137. The van der Waals surface area contributed by atoms with E-state index in [1.165, 1.54) is 12.1 Å². The molecule has 1 N–H and O–H groups in total. The molecule has 0 spiro atoms. The van der Waals surface area contributed by atoms with Gasteiger partial charge in [0.2, 0.25) is 0 Å². The van der Waals surface area contributed by atoms with Gasteiger partial charge in [0.05, 0.1) is 5.56 Å². The first-order chi connectivity index (χ1) is 9.20. The van der Waals surface area contributed by atoms with E-state index in [4.69, 9.17) is 0 Å². The number of rotatable bonds is 6. The number of alkyl halides is 3. The molecule has 20 heavy (non-hydrogen) atoms. The molecule has 0 aliphatic rings. The van der Waals surface area contributed by atoms with Gasteiger partial charge < -0.3 is 5.32 Å². The largest absolute Gasteiger partial charge is 0.416 e. The van der Waals surface area contributed by atoms with E-state index in [0.717, 1.165) is 18.2 Å². The van der Waals surface area contributed by atoms with Gasteiger partial charge >= 0.3 is 6.18 Å². The predicted molar refractivity (Wildman–Crippen MR) is 76.6 cm³/mol. The van der Waals surface area contributed by atoms with Gasteiger partial charge in [-0.3, -0.25) is 0 Å². The fourth-order valence-corrected chi connectivity index (χ4v) is 2.11. The summed E-state index contributed by atoms with van der Waals surface area (Å²) in [6.07, 6.45) is -3.60. The van der Waals surface area contributed by atoms with Crippen LogP contribution in [0.3, 0.4) is 0 Å². The molecule has 1 unspecified atom stereocenters. The highest BCUT2D eigenvalue weighted by Gasteiger charge is 2.30. The van der Waals surface area contributed by atoms with Crippen LogP contribution < -0.4 is 5.32 Å². The molecule has 0 radical (unpaired) electrons. The number of benzene rings is 1. The third-order valence-corrected chi connectivity index (χ3v) is 3.48. The van der Waals surface area contributed by atoms with Crippen LogP contribution in [0.5, 0.6) is 0 Å². The second-order valence-electron chi connectivity index (χ2n) is 5.97. The molecule has 0 bridgehead atoms. The van der Waals surface area contributed by atoms with Gasteiger partial charge in [-0.15, -0.1) is 0 Å². The summed E-state index contributed by atoms with van der Waals surface area (Å²) in [5.41, 5.74) is 0.193. The van der Waals surface area contributed by atoms with Crippen molar-refractivity contribution < 1.29 is 13.2 Å². The van der Waals surface area contributed by atoms with Crippen molar-refractivity contribution in [2.45, 2.75) is 46.3 Å². The van der Waals surface area contributed by atoms with E-state index < -0.39 is 11.7 Å². The van der Waals surface area contributed by atoms with Gasteiger partial charge in [0.15, 0.2) is 0 Å². The Morgan fingerprint density at radius 1 is 1.10 bits per heavy atom. The lowest BCUT2D eigenvalue weighted by Gasteiger charge is -2.23. The van der Waals surface area contributed by atoms with E-state index in [1.54, 1.807) is 6.07 Å². The molecule has 4 heteroatoms. The third kappa shape index (κ3) is 5.53. The van der Waals surface area contributed by atoms with E-state index in [-0.39, 0.29) is 0 Å². The molecule has 0 heterocycles. The predicted octanol–water partition coefficient (Wildman–Crippen LogP) is 4.52. The molecule has 0 aliphatic heterocycles. The number of halogens is 3. The second-order valence-corrected chi connectivity index (χ2v) is 5.97. The van der Waals surface area contributed by atoms with Crippen LogP contribution in [0, 0.1) is 11.8 Å². The molecular formula is C16H24F3N. The van der Waals surface area contributed by atoms with Crippen LogP contribution in [-0.2, 0) is 12.6 Å². The molecule has 0 saturated carbocycles. The van der Waals surface area contributed by atoms with Crippen molar-refractivity contribution >= 4 is 0 Å². The van der Waals surface area contributed by atoms with Gasteiger partial charge in [-0.25, -0.2) is 0 Å². The molecule has 0 aromatic heterocycles. The Balaban J connectivity index is 2.78. The normalized spacial score (nSPS) is 14.1. The SMILES string of the molecule is CC(C)NCC(Cc1cccc(C(F)(F)F)c1)C(C)C. The van der Waals surface area contributed by atoms with E-state index in [9.17, 15) is 13.2 Å². The second kappa shape index (κ2) is 7.11. The Morgan fingerprint density at radius 3 is 2.25 bits per heavy atom. The van der Waals surface area contributed by atoms with Crippen LogP contribution in [0.4, 0.5) is 13.2 Å². The van der Waals surface area contributed by atoms with Crippen molar-refractivity contribution in [1.29, 1.82) is 0 Å². The zero-order valence-corrected chi connectivity index (χ0v) is 12.6. The molecule has 0 amide bonds.